The maximum absolute atomic E-state index is 13.5. The van der Waals surface area contributed by atoms with Crippen LogP contribution in [0.1, 0.15) is 19.8 Å². The number of halogens is 1. The Morgan fingerprint density at radius 1 is 1.60 bits per heavy atom. The van der Waals surface area contributed by atoms with Crippen LogP contribution in [0.3, 0.4) is 0 Å². The third-order valence-corrected chi connectivity index (χ3v) is 2.60. The Balaban J connectivity index is 2.19. The van der Waals surface area contributed by atoms with Crippen molar-refractivity contribution in [1.82, 2.24) is 9.97 Å². The van der Waals surface area contributed by atoms with E-state index in [2.05, 4.69) is 9.97 Å². The highest BCUT2D eigenvalue weighted by Gasteiger charge is 2.25. The zero-order valence-electron chi connectivity index (χ0n) is 8.78. The summed E-state index contributed by atoms with van der Waals surface area (Å²) in [6, 6.07) is 0. The summed E-state index contributed by atoms with van der Waals surface area (Å²) in [7, 11) is 0. The van der Waals surface area contributed by atoms with Gasteiger partial charge in [-0.2, -0.15) is 4.98 Å². The highest BCUT2D eigenvalue weighted by atomic mass is 19.1. The molecule has 1 fully saturated rings. The predicted molar refractivity (Wildman–Crippen MR) is 57.0 cm³/mol. The summed E-state index contributed by atoms with van der Waals surface area (Å²) in [4.78, 5) is 9.48. The smallest absolute Gasteiger partial charge is 0.222 e. The zero-order valence-corrected chi connectivity index (χ0v) is 8.78. The third kappa shape index (κ3) is 2.34. The molecule has 82 valence electrons. The van der Waals surface area contributed by atoms with E-state index in [1.165, 1.54) is 12.8 Å². The van der Waals surface area contributed by atoms with Gasteiger partial charge in [-0.1, -0.05) is 0 Å². The quantitative estimate of drug-likeness (QED) is 0.816. The molecule has 1 aliphatic rings. The van der Waals surface area contributed by atoms with Crippen molar-refractivity contribution in [2.24, 2.45) is 5.92 Å². The number of nitrogens with zero attached hydrogens (tertiary/aromatic N) is 3. The lowest BCUT2D eigenvalue weighted by molar-refractivity contribution is 0.598. The van der Waals surface area contributed by atoms with E-state index in [9.17, 15) is 4.39 Å². The van der Waals surface area contributed by atoms with Crippen molar-refractivity contribution < 1.29 is 4.39 Å². The fourth-order valence-corrected chi connectivity index (χ4v) is 1.57. The maximum atomic E-state index is 13.5. The number of anilines is 2. The molecule has 1 aliphatic carbocycles. The van der Waals surface area contributed by atoms with Gasteiger partial charge in [0.15, 0.2) is 11.6 Å². The van der Waals surface area contributed by atoms with Crippen LogP contribution in [0.2, 0.25) is 0 Å². The van der Waals surface area contributed by atoms with Crippen LogP contribution in [0.5, 0.6) is 0 Å². The van der Waals surface area contributed by atoms with Crippen molar-refractivity contribution in [1.29, 1.82) is 0 Å². The summed E-state index contributed by atoms with van der Waals surface area (Å²) < 4.78 is 13.5. The second kappa shape index (κ2) is 4.00. The molecule has 0 atom stereocenters. The minimum absolute atomic E-state index is 0.126. The second-order valence-corrected chi connectivity index (χ2v) is 3.88. The van der Waals surface area contributed by atoms with Gasteiger partial charge in [0.25, 0.3) is 0 Å². The molecule has 0 aromatic carbocycles. The van der Waals surface area contributed by atoms with Crippen LogP contribution in [0.25, 0.3) is 0 Å². The molecule has 0 bridgehead atoms. The van der Waals surface area contributed by atoms with Gasteiger partial charge in [0.2, 0.25) is 5.95 Å². The zero-order chi connectivity index (χ0) is 10.8. The lowest BCUT2D eigenvalue weighted by Gasteiger charge is -2.21. The fourth-order valence-electron chi connectivity index (χ4n) is 1.57. The van der Waals surface area contributed by atoms with Crippen molar-refractivity contribution in [2.45, 2.75) is 19.8 Å². The number of nitrogen functional groups attached to an aromatic ring is 1. The Morgan fingerprint density at radius 2 is 2.33 bits per heavy atom. The van der Waals surface area contributed by atoms with E-state index in [0.717, 1.165) is 19.3 Å². The second-order valence-electron chi connectivity index (χ2n) is 3.88. The molecule has 2 rings (SSSR count). The molecule has 1 aromatic rings. The molecule has 1 heterocycles. The molecule has 15 heavy (non-hydrogen) atoms. The topological polar surface area (TPSA) is 55.0 Å². The average molecular weight is 210 g/mol. The predicted octanol–water partition coefficient (Wildman–Crippen LogP) is 1.43. The monoisotopic (exact) mass is 210 g/mol. The minimum Gasteiger partial charge on any atom is -0.368 e. The Labute approximate surface area is 88.3 Å². The van der Waals surface area contributed by atoms with Crippen molar-refractivity contribution in [2.75, 3.05) is 23.7 Å². The molecule has 0 amide bonds. The largest absolute Gasteiger partial charge is 0.368 e. The molecule has 0 unspecified atom stereocenters. The van der Waals surface area contributed by atoms with E-state index < -0.39 is 5.82 Å². The minimum atomic E-state index is -0.397. The van der Waals surface area contributed by atoms with Crippen molar-refractivity contribution in [3.63, 3.8) is 0 Å². The number of nitrogens with two attached hydrogens (primary N) is 1. The van der Waals surface area contributed by atoms with Crippen LogP contribution in [-0.2, 0) is 0 Å². The summed E-state index contributed by atoms with van der Waals surface area (Å²) in [6.07, 6.45) is 3.60. The van der Waals surface area contributed by atoms with Gasteiger partial charge in [-0.05, 0) is 25.7 Å². The van der Waals surface area contributed by atoms with Gasteiger partial charge in [-0.3, -0.25) is 0 Å². The molecule has 5 heteroatoms. The van der Waals surface area contributed by atoms with Gasteiger partial charge in [-0.25, -0.2) is 9.37 Å². The van der Waals surface area contributed by atoms with Crippen LogP contribution < -0.4 is 10.6 Å². The van der Waals surface area contributed by atoms with Gasteiger partial charge in [0.1, 0.15) is 0 Å². The summed E-state index contributed by atoms with van der Waals surface area (Å²) in [5, 5.41) is 0. The average Bonchev–Trinajstić information content (AvgIpc) is 3.02. The van der Waals surface area contributed by atoms with E-state index in [0.29, 0.717) is 11.7 Å². The molecule has 1 aromatic heterocycles. The third-order valence-electron chi connectivity index (χ3n) is 2.60. The Hall–Kier alpha value is -1.39. The van der Waals surface area contributed by atoms with Gasteiger partial charge in [0, 0.05) is 13.1 Å². The molecule has 0 radical (unpaired) electrons. The van der Waals surface area contributed by atoms with Gasteiger partial charge >= 0.3 is 0 Å². The van der Waals surface area contributed by atoms with Gasteiger partial charge < -0.3 is 10.6 Å². The molecule has 0 saturated heterocycles. The normalized spacial score (nSPS) is 15.3. The van der Waals surface area contributed by atoms with E-state index in [1.807, 2.05) is 11.8 Å². The summed E-state index contributed by atoms with van der Waals surface area (Å²) in [5.74, 6) is 0.754. The summed E-state index contributed by atoms with van der Waals surface area (Å²) >= 11 is 0. The number of rotatable bonds is 4. The molecule has 0 spiro atoms. The first-order valence-corrected chi connectivity index (χ1v) is 5.23. The maximum Gasteiger partial charge on any atom is 0.222 e. The molecule has 4 nitrogen and oxygen atoms in total. The standard InChI is InChI=1S/C10H15FN4/c1-2-15(6-7-3-4-7)9-8(11)5-13-10(12)14-9/h5,7H,2-4,6H2,1H3,(H2,12,13,14). The molecule has 0 aliphatic heterocycles. The van der Waals surface area contributed by atoms with Crippen molar-refractivity contribution in [3.8, 4) is 0 Å². The van der Waals surface area contributed by atoms with Gasteiger partial charge in [-0.15, -0.1) is 0 Å². The Kier molecular flexibility index (Phi) is 2.70. The lowest BCUT2D eigenvalue weighted by Crippen LogP contribution is -2.27. The Morgan fingerprint density at radius 3 is 2.93 bits per heavy atom. The summed E-state index contributed by atoms with van der Waals surface area (Å²) in [6.45, 7) is 3.59. The molecule has 1 saturated carbocycles. The van der Waals surface area contributed by atoms with Crippen LogP contribution >= 0.6 is 0 Å². The number of hydrogen-bond acceptors (Lipinski definition) is 4. The van der Waals surface area contributed by atoms with E-state index in [1.54, 1.807) is 0 Å². The first kappa shape index (κ1) is 10.1. The van der Waals surface area contributed by atoms with Crippen LogP contribution in [0.15, 0.2) is 6.20 Å². The Bertz CT molecular complexity index is 351. The molecular formula is C10H15FN4. The molecular weight excluding hydrogens is 195 g/mol. The van der Waals surface area contributed by atoms with Crippen LogP contribution in [0, 0.1) is 11.7 Å². The van der Waals surface area contributed by atoms with Crippen LogP contribution in [-0.4, -0.2) is 23.1 Å². The van der Waals surface area contributed by atoms with Crippen molar-refractivity contribution >= 4 is 11.8 Å². The highest BCUT2D eigenvalue weighted by Crippen LogP contribution is 2.31. The highest BCUT2D eigenvalue weighted by molar-refractivity contribution is 5.42. The van der Waals surface area contributed by atoms with E-state index >= 15 is 0 Å². The number of aromatic nitrogens is 2. The van der Waals surface area contributed by atoms with E-state index in [-0.39, 0.29) is 5.95 Å². The summed E-state index contributed by atoms with van der Waals surface area (Å²) in [5.41, 5.74) is 5.45. The van der Waals surface area contributed by atoms with E-state index in [4.69, 9.17) is 5.73 Å². The first-order chi connectivity index (χ1) is 7.20. The van der Waals surface area contributed by atoms with Crippen molar-refractivity contribution in [3.05, 3.63) is 12.0 Å². The number of hydrogen-bond donors (Lipinski definition) is 1. The SMILES string of the molecule is CCN(CC1CC1)c1nc(N)ncc1F. The van der Waals surface area contributed by atoms with Crippen LogP contribution in [0.4, 0.5) is 16.2 Å². The fraction of sp³-hybridized carbons (Fsp3) is 0.600. The lowest BCUT2D eigenvalue weighted by atomic mass is 10.3. The first-order valence-electron chi connectivity index (χ1n) is 5.23. The molecule has 2 N–H and O–H groups in total. The van der Waals surface area contributed by atoms with Gasteiger partial charge in [0.05, 0.1) is 6.20 Å².